The van der Waals surface area contributed by atoms with Crippen molar-refractivity contribution in [3.05, 3.63) is 101 Å². The molecule has 2 nitrogen and oxygen atoms in total. The molecular weight excluding hydrogens is 375 g/mol. The lowest BCUT2D eigenvalue weighted by atomic mass is 9.91. The number of nitrogens with zero attached hydrogens (tertiary/aromatic N) is 1. The maximum absolute atomic E-state index is 13.5. The minimum atomic E-state index is -4.50. The number of hydrogen-bond donors (Lipinski definition) is 0. The molecule has 0 amide bonds. The number of alkyl halides is 3. The van der Waals surface area contributed by atoms with Crippen LogP contribution in [0, 0.1) is 0 Å². The molecule has 0 bridgehead atoms. The lowest BCUT2D eigenvalue weighted by Crippen LogP contribution is -2.07. The van der Waals surface area contributed by atoms with Crippen LogP contribution in [-0.4, -0.2) is 11.3 Å². The van der Waals surface area contributed by atoms with Gasteiger partial charge < -0.3 is 0 Å². The van der Waals surface area contributed by atoms with Crippen LogP contribution in [0.25, 0.3) is 22.0 Å². The van der Waals surface area contributed by atoms with E-state index in [4.69, 9.17) is 0 Å². The van der Waals surface area contributed by atoms with Crippen molar-refractivity contribution in [2.45, 2.75) is 12.6 Å². The topological polar surface area (TPSA) is 30.0 Å². The smallest absolute Gasteiger partial charge is 0.298 e. The van der Waals surface area contributed by atoms with Crippen molar-refractivity contribution >= 4 is 17.2 Å². The summed E-state index contributed by atoms with van der Waals surface area (Å²) in [4.78, 5) is 15.4. The molecule has 29 heavy (non-hydrogen) atoms. The van der Waals surface area contributed by atoms with Gasteiger partial charge in [0.15, 0.2) is 0 Å². The summed E-state index contributed by atoms with van der Waals surface area (Å²) in [6, 6.07) is 20.6. The number of carbonyl (C=O) groups is 1. The molecule has 0 aliphatic carbocycles. The number of para-hydroxylation sites is 1. The normalized spacial score (nSPS) is 11.6. The Morgan fingerprint density at radius 1 is 0.897 bits per heavy atom. The minimum Gasteiger partial charge on any atom is -0.298 e. The summed E-state index contributed by atoms with van der Waals surface area (Å²) >= 11 is 0. The molecule has 0 fully saturated rings. The van der Waals surface area contributed by atoms with E-state index >= 15 is 0 Å². The molecule has 0 saturated heterocycles. The number of benzene rings is 3. The Kier molecular flexibility index (Phi) is 4.89. The van der Waals surface area contributed by atoms with Crippen LogP contribution in [0.4, 0.5) is 13.2 Å². The molecule has 0 aliphatic rings. The second kappa shape index (κ2) is 7.51. The number of aldehydes is 1. The van der Waals surface area contributed by atoms with E-state index in [2.05, 4.69) is 4.98 Å². The third-order valence-electron chi connectivity index (χ3n) is 4.83. The Balaban J connectivity index is 2.01. The van der Waals surface area contributed by atoms with Gasteiger partial charge in [-0.25, -0.2) is 0 Å². The van der Waals surface area contributed by atoms with Crippen molar-refractivity contribution in [2.24, 2.45) is 0 Å². The molecular formula is C24H16F3NO. The molecule has 4 rings (SSSR count). The largest absolute Gasteiger partial charge is 0.418 e. The zero-order chi connectivity index (χ0) is 20.4. The second-order valence-corrected chi connectivity index (χ2v) is 6.76. The van der Waals surface area contributed by atoms with E-state index in [0.29, 0.717) is 28.5 Å². The highest BCUT2D eigenvalue weighted by Crippen LogP contribution is 2.39. The molecule has 1 aromatic heterocycles. The van der Waals surface area contributed by atoms with Gasteiger partial charge in [0.05, 0.1) is 11.1 Å². The first-order valence-corrected chi connectivity index (χ1v) is 9.04. The van der Waals surface area contributed by atoms with E-state index < -0.39 is 11.7 Å². The van der Waals surface area contributed by atoms with Gasteiger partial charge in [-0.1, -0.05) is 60.7 Å². The molecule has 0 N–H and O–H groups in total. The van der Waals surface area contributed by atoms with Crippen LogP contribution < -0.4 is 0 Å². The number of carbonyl (C=O) groups excluding carboxylic acids is 1. The van der Waals surface area contributed by atoms with Crippen LogP contribution in [0.2, 0.25) is 0 Å². The minimum absolute atomic E-state index is 0.0942. The highest BCUT2D eigenvalue weighted by Gasteiger charge is 2.33. The summed E-state index contributed by atoms with van der Waals surface area (Å²) in [6.45, 7) is 0. The second-order valence-electron chi connectivity index (χ2n) is 6.76. The predicted molar refractivity (Wildman–Crippen MR) is 107 cm³/mol. The lowest BCUT2D eigenvalue weighted by Gasteiger charge is -2.16. The Morgan fingerprint density at radius 3 is 2.38 bits per heavy atom. The molecule has 0 unspecified atom stereocenters. The van der Waals surface area contributed by atoms with E-state index in [0.717, 1.165) is 23.5 Å². The highest BCUT2D eigenvalue weighted by atomic mass is 19.4. The zero-order valence-corrected chi connectivity index (χ0v) is 15.3. The summed E-state index contributed by atoms with van der Waals surface area (Å²) in [5, 5.41) is 0.413. The first-order chi connectivity index (χ1) is 14.0. The van der Waals surface area contributed by atoms with Crippen LogP contribution in [0.1, 0.15) is 27.0 Å². The number of halogens is 3. The molecule has 5 heteroatoms. The summed E-state index contributed by atoms with van der Waals surface area (Å²) in [5.74, 6) is 0. The fourth-order valence-electron chi connectivity index (χ4n) is 3.55. The maximum atomic E-state index is 13.5. The van der Waals surface area contributed by atoms with Crippen LogP contribution >= 0.6 is 0 Å². The van der Waals surface area contributed by atoms with Gasteiger partial charge in [-0.3, -0.25) is 9.78 Å². The fraction of sp³-hybridized carbons (Fsp3) is 0.0833. The van der Waals surface area contributed by atoms with Gasteiger partial charge in [-0.05, 0) is 40.8 Å². The average molecular weight is 391 g/mol. The summed E-state index contributed by atoms with van der Waals surface area (Å²) in [6.07, 6.45) is -1.76. The van der Waals surface area contributed by atoms with E-state index in [1.807, 2.05) is 30.3 Å². The molecule has 4 aromatic rings. The van der Waals surface area contributed by atoms with Crippen molar-refractivity contribution in [2.75, 3.05) is 0 Å². The number of fused-ring (bicyclic) bond motifs is 1. The fourth-order valence-corrected chi connectivity index (χ4v) is 3.55. The van der Waals surface area contributed by atoms with E-state index in [1.54, 1.807) is 30.3 Å². The van der Waals surface area contributed by atoms with Crippen LogP contribution in [0.15, 0.2) is 79.0 Å². The van der Waals surface area contributed by atoms with Gasteiger partial charge >= 0.3 is 6.18 Å². The Bertz CT molecular complexity index is 1180. The van der Waals surface area contributed by atoms with E-state index in [9.17, 15) is 18.0 Å². The quantitative estimate of drug-likeness (QED) is 0.381. The first-order valence-electron chi connectivity index (χ1n) is 9.04. The number of aromatic nitrogens is 1. The molecule has 0 spiro atoms. The van der Waals surface area contributed by atoms with Crippen molar-refractivity contribution in [3.63, 3.8) is 0 Å². The zero-order valence-electron chi connectivity index (χ0n) is 15.3. The monoisotopic (exact) mass is 391 g/mol. The summed E-state index contributed by atoms with van der Waals surface area (Å²) < 4.78 is 40.6. The van der Waals surface area contributed by atoms with Crippen LogP contribution in [-0.2, 0) is 12.6 Å². The molecule has 0 saturated carbocycles. The Hall–Kier alpha value is -3.47. The standard InChI is InChI=1S/C24H16F3NO/c25-24(26,27)21-11-5-10-20-22(18-9-4-8-17(13-18)15-29)19(14-28-23(20)21)12-16-6-2-1-3-7-16/h1-11,13-15H,12H2. The third kappa shape index (κ3) is 3.76. The third-order valence-corrected chi connectivity index (χ3v) is 4.83. The molecule has 144 valence electrons. The van der Waals surface area contributed by atoms with Gasteiger partial charge in [0.25, 0.3) is 0 Å². The molecule has 1 heterocycles. The Labute approximate surface area is 165 Å². The van der Waals surface area contributed by atoms with Gasteiger partial charge in [-0.15, -0.1) is 0 Å². The molecule has 3 aromatic carbocycles. The summed E-state index contributed by atoms with van der Waals surface area (Å²) in [5.41, 5.74) is 2.77. The maximum Gasteiger partial charge on any atom is 0.418 e. The van der Waals surface area contributed by atoms with Crippen LogP contribution in [0.5, 0.6) is 0 Å². The van der Waals surface area contributed by atoms with E-state index in [-0.39, 0.29) is 5.52 Å². The molecule has 0 radical (unpaired) electrons. The molecule has 0 atom stereocenters. The van der Waals surface area contributed by atoms with Crippen molar-refractivity contribution in [1.82, 2.24) is 4.98 Å². The number of pyridine rings is 1. The predicted octanol–water partition coefficient (Wildman–Crippen LogP) is 6.32. The summed E-state index contributed by atoms with van der Waals surface area (Å²) in [7, 11) is 0. The van der Waals surface area contributed by atoms with E-state index in [1.165, 1.54) is 12.3 Å². The van der Waals surface area contributed by atoms with Gasteiger partial charge in [0, 0.05) is 17.1 Å². The van der Waals surface area contributed by atoms with Gasteiger partial charge in [-0.2, -0.15) is 13.2 Å². The molecule has 0 aliphatic heterocycles. The van der Waals surface area contributed by atoms with Crippen molar-refractivity contribution < 1.29 is 18.0 Å². The van der Waals surface area contributed by atoms with Gasteiger partial charge in [0.2, 0.25) is 0 Å². The Morgan fingerprint density at radius 2 is 1.66 bits per heavy atom. The average Bonchev–Trinajstić information content (AvgIpc) is 2.73. The number of hydrogen-bond acceptors (Lipinski definition) is 2. The van der Waals surface area contributed by atoms with Gasteiger partial charge in [0.1, 0.15) is 6.29 Å². The first kappa shape index (κ1) is 18.9. The highest BCUT2D eigenvalue weighted by molar-refractivity contribution is 5.98. The van der Waals surface area contributed by atoms with Crippen LogP contribution in [0.3, 0.4) is 0 Å². The number of rotatable bonds is 4. The lowest BCUT2D eigenvalue weighted by molar-refractivity contribution is -0.136. The SMILES string of the molecule is O=Cc1cccc(-c2c(Cc3ccccc3)cnc3c(C(F)(F)F)cccc23)c1. The van der Waals surface area contributed by atoms with Crippen molar-refractivity contribution in [1.29, 1.82) is 0 Å². The van der Waals surface area contributed by atoms with Crippen molar-refractivity contribution in [3.8, 4) is 11.1 Å².